The van der Waals surface area contributed by atoms with E-state index in [1.54, 1.807) is 4.52 Å². The van der Waals surface area contributed by atoms with Crippen molar-refractivity contribution < 1.29 is 5.11 Å². The highest BCUT2D eigenvalue weighted by Crippen LogP contribution is 2.22. The number of pyridine rings is 1. The van der Waals surface area contributed by atoms with Gasteiger partial charge >= 0.3 is 0 Å². The zero-order valence-electron chi connectivity index (χ0n) is 13.8. The molecule has 2 aromatic heterocycles. The summed E-state index contributed by atoms with van der Waals surface area (Å²) in [6.45, 7) is 2.10. The average molecular weight is 330 g/mol. The molecule has 0 radical (unpaired) electrons. The van der Waals surface area contributed by atoms with Crippen molar-refractivity contribution in [3.8, 4) is 11.1 Å². The van der Waals surface area contributed by atoms with E-state index in [0.29, 0.717) is 5.95 Å². The minimum Gasteiger partial charge on any atom is -0.392 e. The third-order valence-electron chi connectivity index (χ3n) is 4.19. The van der Waals surface area contributed by atoms with E-state index in [-0.39, 0.29) is 6.61 Å². The second kappa shape index (κ2) is 6.37. The number of aromatic nitrogens is 3. The topological polar surface area (TPSA) is 62.5 Å². The van der Waals surface area contributed by atoms with Crippen LogP contribution in [0, 0.1) is 6.92 Å². The van der Waals surface area contributed by atoms with E-state index >= 15 is 0 Å². The first-order valence-electron chi connectivity index (χ1n) is 8.12. The number of aliphatic hydroxyl groups excluding tert-OH is 1. The molecule has 0 amide bonds. The van der Waals surface area contributed by atoms with Gasteiger partial charge in [-0.05, 0) is 41.8 Å². The minimum atomic E-state index is 0.0519. The van der Waals surface area contributed by atoms with E-state index in [1.165, 1.54) is 0 Å². The van der Waals surface area contributed by atoms with Crippen LogP contribution in [0.2, 0.25) is 0 Å². The molecule has 0 fully saturated rings. The smallest absolute Gasteiger partial charge is 0.247 e. The van der Waals surface area contributed by atoms with Crippen LogP contribution >= 0.6 is 0 Å². The molecule has 2 heterocycles. The minimum absolute atomic E-state index is 0.0519. The van der Waals surface area contributed by atoms with Gasteiger partial charge in [0.15, 0.2) is 5.65 Å². The number of aryl methyl sites for hydroxylation is 1. The number of para-hydroxylation sites is 1. The molecule has 0 aliphatic rings. The number of aliphatic hydroxyl groups is 1. The molecular formula is C20H18N4O. The van der Waals surface area contributed by atoms with Crippen molar-refractivity contribution in [3.05, 3.63) is 78.0 Å². The Kier molecular flexibility index (Phi) is 3.91. The molecular weight excluding hydrogens is 312 g/mol. The van der Waals surface area contributed by atoms with Crippen molar-refractivity contribution in [2.75, 3.05) is 5.32 Å². The fraction of sp³-hybridized carbons (Fsp3) is 0.100. The first-order valence-corrected chi connectivity index (χ1v) is 8.12. The van der Waals surface area contributed by atoms with Crippen molar-refractivity contribution in [2.45, 2.75) is 13.5 Å². The van der Waals surface area contributed by atoms with Gasteiger partial charge in [0.2, 0.25) is 5.95 Å². The Labute approximate surface area is 145 Å². The number of nitrogens with zero attached hydrogens (tertiary/aromatic N) is 3. The Morgan fingerprint density at radius 1 is 0.960 bits per heavy atom. The first-order chi connectivity index (χ1) is 12.2. The van der Waals surface area contributed by atoms with Gasteiger partial charge in [-0.15, -0.1) is 5.10 Å². The van der Waals surface area contributed by atoms with Gasteiger partial charge in [-0.1, -0.05) is 42.5 Å². The maximum absolute atomic E-state index is 9.15. The summed E-state index contributed by atoms with van der Waals surface area (Å²) in [4.78, 5) is 4.52. The van der Waals surface area contributed by atoms with Crippen LogP contribution in [0.5, 0.6) is 0 Å². The lowest BCUT2D eigenvalue weighted by atomic mass is 10.1. The van der Waals surface area contributed by atoms with Gasteiger partial charge in [0.1, 0.15) is 0 Å². The van der Waals surface area contributed by atoms with Crippen LogP contribution < -0.4 is 5.32 Å². The van der Waals surface area contributed by atoms with E-state index in [0.717, 1.165) is 33.6 Å². The fourth-order valence-electron chi connectivity index (χ4n) is 2.74. The lowest BCUT2D eigenvalue weighted by Gasteiger charge is -2.04. The van der Waals surface area contributed by atoms with Crippen LogP contribution in [0.25, 0.3) is 16.8 Å². The molecule has 4 rings (SSSR count). The van der Waals surface area contributed by atoms with Gasteiger partial charge in [-0.2, -0.15) is 4.98 Å². The quantitative estimate of drug-likeness (QED) is 0.595. The van der Waals surface area contributed by atoms with Crippen LogP contribution in [0.3, 0.4) is 0 Å². The highest BCUT2D eigenvalue weighted by atomic mass is 16.3. The zero-order valence-corrected chi connectivity index (χ0v) is 13.8. The molecule has 5 nitrogen and oxygen atoms in total. The van der Waals surface area contributed by atoms with Crippen molar-refractivity contribution in [1.82, 2.24) is 14.6 Å². The average Bonchev–Trinajstić information content (AvgIpc) is 3.05. The molecule has 0 saturated heterocycles. The van der Waals surface area contributed by atoms with Crippen LogP contribution in [-0.4, -0.2) is 19.7 Å². The highest BCUT2D eigenvalue weighted by Gasteiger charge is 2.07. The van der Waals surface area contributed by atoms with Crippen LogP contribution in [0.1, 0.15) is 11.1 Å². The van der Waals surface area contributed by atoms with Crippen molar-refractivity contribution >= 4 is 17.3 Å². The molecule has 0 atom stereocenters. The van der Waals surface area contributed by atoms with Gasteiger partial charge in [0, 0.05) is 17.4 Å². The predicted molar refractivity (Wildman–Crippen MR) is 98.8 cm³/mol. The summed E-state index contributed by atoms with van der Waals surface area (Å²) in [5, 5.41) is 16.9. The Morgan fingerprint density at radius 3 is 2.48 bits per heavy atom. The number of hydrogen-bond acceptors (Lipinski definition) is 4. The number of nitrogens with one attached hydrogen (secondary N) is 1. The summed E-state index contributed by atoms with van der Waals surface area (Å²) >= 11 is 0. The Hall–Kier alpha value is -3.18. The molecule has 0 aliphatic carbocycles. The zero-order chi connectivity index (χ0) is 17.2. The van der Waals surface area contributed by atoms with Gasteiger partial charge < -0.3 is 10.4 Å². The molecule has 0 aliphatic heterocycles. The molecule has 2 aromatic carbocycles. The maximum Gasteiger partial charge on any atom is 0.247 e. The second-order valence-corrected chi connectivity index (χ2v) is 5.95. The third kappa shape index (κ3) is 3.09. The number of rotatable bonds is 4. The van der Waals surface area contributed by atoms with Crippen LogP contribution in [-0.2, 0) is 6.61 Å². The third-order valence-corrected chi connectivity index (χ3v) is 4.19. The van der Waals surface area contributed by atoms with Gasteiger partial charge in [-0.25, -0.2) is 4.52 Å². The molecule has 5 heteroatoms. The maximum atomic E-state index is 9.15. The summed E-state index contributed by atoms with van der Waals surface area (Å²) in [5.74, 6) is 0.571. The van der Waals surface area contributed by atoms with Crippen LogP contribution in [0.15, 0.2) is 66.9 Å². The van der Waals surface area contributed by atoms with Gasteiger partial charge in [0.25, 0.3) is 0 Å². The Bertz CT molecular complexity index is 1020. The van der Waals surface area contributed by atoms with E-state index in [2.05, 4.69) is 15.4 Å². The molecule has 25 heavy (non-hydrogen) atoms. The molecule has 0 spiro atoms. The van der Waals surface area contributed by atoms with Crippen molar-refractivity contribution in [2.24, 2.45) is 0 Å². The summed E-state index contributed by atoms with van der Waals surface area (Å²) < 4.78 is 1.77. The lowest BCUT2D eigenvalue weighted by Crippen LogP contribution is -1.95. The highest BCUT2D eigenvalue weighted by molar-refractivity contribution is 5.66. The second-order valence-electron chi connectivity index (χ2n) is 5.95. The summed E-state index contributed by atoms with van der Waals surface area (Å²) in [6.07, 6.45) is 1.96. The summed E-state index contributed by atoms with van der Waals surface area (Å²) in [5.41, 5.74) is 5.94. The molecule has 4 aromatic rings. The van der Waals surface area contributed by atoms with Crippen molar-refractivity contribution in [1.29, 1.82) is 0 Å². The molecule has 2 N–H and O–H groups in total. The Morgan fingerprint density at radius 2 is 1.72 bits per heavy atom. The standard InChI is InChI=1S/C20H18N4O/c1-14-4-2-3-5-18(14)21-20-22-19-11-10-17(12-24(19)23-20)16-8-6-15(13-25)7-9-16/h2-12,25H,13H2,1H3,(H,21,23). The summed E-state index contributed by atoms with van der Waals surface area (Å²) in [6, 6.07) is 19.9. The van der Waals surface area contributed by atoms with E-state index < -0.39 is 0 Å². The normalized spacial score (nSPS) is 11.0. The Balaban J connectivity index is 1.66. The molecule has 0 saturated carbocycles. The largest absolute Gasteiger partial charge is 0.392 e. The molecule has 0 bridgehead atoms. The lowest BCUT2D eigenvalue weighted by molar-refractivity contribution is 0.282. The first kappa shape index (κ1) is 15.4. The fourth-order valence-corrected chi connectivity index (χ4v) is 2.74. The molecule has 0 unspecified atom stereocenters. The number of benzene rings is 2. The number of anilines is 2. The van der Waals surface area contributed by atoms with E-state index in [4.69, 9.17) is 5.11 Å². The molecule has 124 valence electrons. The van der Waals surface area contributed by atoms with Crippen LogP contribution in [0.4, 0.5) is 11.6 Å². The van der Waals surface area contributed by atoms with Crippen molar-refractivity contribution in [3.63, 3.8) is 0 Å². The van der Waals surface area contributed by atoms with E-state index in [9.17, 15) is 0 Å². The monoisotopic (exact) mass is 330 g/mol. The van der Waals surface area contributed by atoms with Gasteiger partial charge in [-0.3, -0.25) is 0 Å². The SMILES string of the molecule is Cc1ccccc1Nc1nc2ccc(-c3ccc(CO)cc3)cn2n1. The number of fused-ring (bicyclic) bond motifs is 1. The predicted octanol–water partition coefficient (Wildman–Crippen LogP) is 3.94. The van der Waals surface area contributed by atoms with E-state index in [1.807, 2.05) is 73.8 Å². The number of hydrogen-bond donors (Lipinski definition) is 2. The van der Waals surface area contributed by atoms with Gasteiger partial charge in [0.05, 0.1) is 6.61 Å². The summed E-state index contributed by atoms with van der Waals surface area (Å²) in [7, 11) is 0.